The topological polar surface area (TPSA) is 112 Å². The number of carbonyl (C=O) groups excluding carboxylic acids is 1. The Morgan fingerprint density at radius 1 is 1.03 bits per heavy atom. The highest BCUT2D eigenvalue weighted by Crippen LogP contribution is 2.27. The standard InChI is InChI=1S/C24H28N4O4S/c1-15(2)22-11-8-20(12-16(22)3)32-14-24(29)27-19-6-9-21(10-7-19)33(30,31)28-23-13-17(4)25-18(5)26-23/h6-13,15H,14H2,1-5H3,(H2,25,26,27,28,29)/p-1. The van der Waals surface area contributed by atoms with E-state index in [0.29, 0.717) is 28.9 Å². The number of sulfonamides is 1. The average Bonchev–Trinajstić information content (AvgIpc) is 2.71. The lowest BCUT2D eigenvalue weighted by Crippen LogP contribution is -2.20. The van der Waals surface area contributed by atoms with E-state index in [1.807, 2.05) is 25.1 Å². The molecule has 0 saturated heterocycles. The van der Waals surface area contributed by atoms with Gasteiger partial charge in [-0.05, 0) is 86.1 Å². The molecule has 0 fully saturated rings. The summed E-state index contributed by atoms with van der Waals surface area (Å²) in [5, 5.41) is 2.69. The summed E-state index contributed by atoms with van der Waals surface area (Å²) in [6, 6.07) is 13.0. The number of benzene rings is 2. The van der Waals surface area contributed by atoms with Gasteiger partial charge in [0, 0.05) is 17.2 Å². The zero-order valence-electron chi connectivity index (χ0n) is 19.3. The van der Waals surface area contributed by atoms with Gasteiger partial charge in [0.1, 0.15) is 5.75 Å². The van der Waals surface area contributed by atoms with Crippen LogP contribution < -0.4 is 10.1 Å². The van der Waals surface area contributed by atoms with Crippen LogP contribution in [0.15, 0.2) is 53.4 Å². The molecule has 1 amide bonds. The maximum atomic E-state index is 12.6. The van der Waals surface area contributed by atoms with E-state index in [0.717, 1.165) is 5.56 Å². The maximum Gasteiger partial charge on any atom is 0.262 e. The highest BCUT2D eigenvalue weighted by molar-refractivity contribution is 7.94. The van der Waals surface area contributed by atoms with Crippen molar-refractivity contribution < 1.29 is 17.9 Å². The minimum absolute atomic E-state index is 0.00798. The van der Waals surface area contributed by atoms with Crippen molar-refractivity contribution in [1.29, 1.82) is 0 Å². The summed E-state index contributed by atoms with van der Waals surface area (Å²) in [6.07, 6.45) is 0. The molecule has 1 aromatic heterocycles. The first-order valence-corrected chi connectivity index (χ1v) is 11.9. The molecule has 8 nitrogen and oxygen atoms in total. The van der Waals surface area contributed by atoms with E-state index < -0.39 is 10.0 Å². The molecule has 33 heavy (non-hydrogen) atoms. The Labute approximate surface area is 194 Å². The summed E-state index contributed by atoms with van der Waals surface area (Å²) in [5.74, 6) is 1.19. The van der Waals surface area contributed by atoms with E-state index >= 15 is 0 Å². The SMILES string of the molecule is Cc1cc([N-]S(=O)(=O)c2ccc(NC(=O)COc3ccc(C(C)C)c(C)c3)cc2)nc(C)n1. The van der Waals surface area contributed by atoms with E-state index in [4.69, 9.17) is 4.74 Å². The van der Waals surface area contributed by atoms with Crippen molar-refractivity contribution in [2.24, 2.45) is 0 Å². The van der Waals surface area contributed by atoms with Gasteiger partial charge in [0.15, 0.2) is 6.61 Å². The number of anilines is 1. The highest BCUT2D eigenvalue weighted by Gasteiger charge is 2.12. The van der Waals surface area contributed by atoms with Crippen molar-refractivity contribution in [3.8, 4) is 5.75 Å². The van der Waals surface area contributed by atoms with Crippen LogP contribution >= 0.6 is 0 Å². The van der Waals surface area contributed by atoms with Crippen molar-refractivity contribution in [1.82, 2.24) is 9.97 Å². The normalized spacial score (nSPS) is 11.3. The molecule has 0 unspecified atom stereocenters. The predicted molar refractivity (Wildman–Crippen MR) is 128 cm³/mol. The lowest BCUT2D eigenvalue weighted by molar-refractivity contribution is -0.118. The van der Waals surface area contributed by atoms with Crippen molar-refractivity contribution in [3.05, 3.63) is 75.9 Å². The van der Waals surface area contributed by atoms with Gasteiger partial charge in [-0.1, -0.05) is 19.9 Å². The Bertz CT molecular complexity index is 1240. The maximum absolute atomic E-state index is 12.6. The first-order valence-electron chi connectivity index (χ1n) is 10.5. The number of aromatic nitrogens is 2. The third kappa shape index (κ3) is 6.52. The lowest BCUT2D eigenvalue weighted by Gasteiger charge is -2.17. The zero-order chi connectivity index (χ0) is 24.2. The Morgan fingerprint density at radius 3 is 2.33 bits per heavy atom. The molecule has 9 heteroatoms. The van der Waals surface area contributed by atoms with Gasteiger partial charge >= 0.3 is 0 Å². The molecule has 0 bridgehead atoms. The summed E-state index contributed by atoms with van der Waals surface area (Å²) in [4.78, 5) is 20.4. The number of rotatable bonds is 8. The van der Waals surface area contributed by atoms with Crippen LogP contribution in [0.4, 0.5) is 11.5 Å². The van der Waals surface area contributed by atoms with Crippen LogP contribution in [0.2, 0.25) is 0 Å². The molecule has 1 heterocycles. The number of amides is 1. The highest BCUT2D eigenvalue weighted by atomic mass is 32.2. The molecule has 3 rings (SSSR count). The van der Waals surface area contributed by atoms with E-state index in [-0.39, 0.29) is 23.2 Å². The van der Waals surface area contributed by atoms with Crippen LogP contribution in [0, 0.1) is 20.8 Å². The van der Waals surface area contributed by atoms with Crippen LogP contribution in [0.1, 0.15) is 42.4 Å². The minimum Gasteiger partial charge on any atom is -0.484 e. The van der Waals surface area contributed by atoms with E-state index in [1.54, 1.807) is 13.8 Å². The van der Waals surface area contributed by atoms with E-state index in [1.165, 1.54) is 35.9 Å². The molecule has 0 aliphatic rings. The summed E-state index contributed by atoms with van der Waals surface area (Å²) < 4.78 is 34.5. The molecule has 0 saturated carbocycles. The van der Waals surface area contributed by atoms with Crippen molar-refractivity contribution in [2.45, 2.75) is 45.4 Å². The van der Waals surface area contributed by atoms with Crippen LogP contribution in [-0.4, -0.2) is 30.9 Å². The van der Waals surface area contributed by atoms with Crippen LogP contribution in [0.3, 0.4) is 0 Å². The van der Waals surface area contributed by atoms with Gasteiger partial charge in [-0.2, -0.15) is 0 Å². The average molecular weight is 468 g/mol. The Kier molecular flexibility index (Phi) is 7.33. The van der Waals surface area contributed by atoms with Gasteiger partial charge in [0.2, 0.25) is 10.0 Å². The fraction of sp³-hybridized carbons (Fsp3) is 0.292. The fourth-order valence-corrected chi connectivity index (χ4v) is 4.29. The van der Waals surface area contributed by atoms with Gasteiger partial charge in [-0.25, -0.2) is 8.42 Å². The molecular formula is C24H27N4O4S-. The Balaban J connectivity index is 1.59. The first kappa shape index (κ1) is 24.2. The Morgan fingerprint density at radius 2 is 1.73 bits per heavy atom. The lowest BCUT2D eigenvalue weighted by atomic mass is 9.98. The van der Waals surface area contributed by atoms with Gasteiger partial charge < -0.3 is 19.8 Å². The van der Waals surface area contributed by atoms with Crippen LogP contribution in [0.5, 0.6) is 5.75 Å². The van der Waals surface area contributed by atoms with Crippen molar-refractivity contribution in [3.63, 3.8) is 0 Å². The van der Waals surface area contributed by atoms with Crippen molar-refractivity contribution in [2.75, 3.05) is 11.9 Å². The second-order valence-corrected chi connectivity index (χ2v) is 9.62. The second kappa shape index (κ2) is 9.99. The molecule has 2 aromatic carbocycles. The molecule has 0 radical (unpaired) electrons. The van der Waals surface area contributed by atoms with Gasteiger partial charge in [-0.15, -0.1) is 0 Å². The Hall–Kier alpha value is -3.46. The molecule has 0 atom stereocenters. The van der Waals surface area contributed by atoms with E-state index in [2.05, 4.69) is 33.9 Å². The molecule has 1 N–H and O–H groups in total. The quantitative estimate of drug-likeness (QED) is 0.502. The second-order valence-electron chi connectivity index (χ2n) is 8.02. The third-order valence-electron chi connectivity index (χ3n) is 4.84. The number of aryl methyl sites for hydroxylation is 3. The number of ether oxygens (including phenoxy) is 1. The molecule has 0 aliphatic carbocycles. The van der Waals surface area contributed by atoms with Gasteiger partial charge in [0.25, 0.3) is 5.91 Å². The summed E-state index contributed by atoms with van der Waals surface area (Å²) in [7, 11) is -3.95. The van der Waals surface area contributed by atoms with Crippen LogP contribution in [0.25, 0.3) is 4.72 Å². The molecule has 174 valence electrons. The zero-order valence-corrected chi connectivity index (χ0v) is 20.1. The summed E-state index contributed by atoms with van der Waals surface area (Å²) in [6.45, 7) is 9.50. The molecular weight excluding hydrogens is 440 g/mol. The molecule has 3 aromatic rings. The number of nitrogens with zero attached hydrogens (tertiary/aromatic N) is 3. The fourth-order valence-electron chi connectivity index (χ4n) is 3.36. The monoisotopic (exact) mass is 467 g/mol. The third-order valence-corrected chi connectivity index (χ3v) is 6.13. The molecule has 0 spiro atoms. The number of carbonyl (C=O) groups is 1. The van der Waals surface area contributed by atoms with Gasteiger partial charge in [-0.3, -0.25) is 9.78 Å². The summed E-state index contributed by atoms with van der Waals surface area (Å²) in [5.41, 5.74) is 3.42. The van der Waals surface area contributed by atoms with E-state index in [9.17, 15) is 13.2 Å². The largest absolute Gasteiger partial charge is 0.484 e. The van der Waals surface area contributed by atoms with Crippen molar-refractivity contribution >= 4 is 27.4 Å². The predicted octanol–water partition coefficient (Wildman–Crippen LogP) is 4.94. The van der Waals surface area contributed by atoms with Gasteiger partial charge in [0.05, 0.1) is 4.90 Å². The molecule has 0 aliphatic heterocycles. The number of hydrogen-bond donors (Lipinski definition) is 1. The summed E-state index contributed by atoms with van der Waals surface area (Å²) >= 11 is 0. The number of nitrogens with one attached hydrogen (secondary N) is 1. The first-order chi connectivity index (χ1) is 15.5. The number of hydrogen-bond acceptors (Lipinski definition) is 6. The minimum atomic E-state index is -3.95. The smallest absolute Gasteiger partial charge is 0.262 e. The van der Waals surface area contributed by atoms with Crippen LogP contribution in [-0.2, 0) is 14.8 Å².